The molecular formula is C19H20ClN5O3S2. The minimum absolute atomic E-state index is 0.0185. The Balaban J connectivity index is 1.68. The number of anilines is 1. The fourth-order valence-corrected chi connectivity index (χ4v) is 4.62. The van der Waals surface area contributed by atoms with E-state index in [2.05, 4.69) is 40.8 Å². The van der Waals surface area contributed by atoms with Crippen molar-refractivity contribution >= 4 is 52.0 Å². The number of benzene rings is 1. The molecule has 3 rings (SSSR count). The van der Waals surface area contributed by atoms with Gasteiger partial charge in [-0.2, -0.15) is 0 Å². The summed E-state index contributed by atoms with van der Waals surface area (Å²) in [5.41, 5.74) is 1.07. The molecule has 0 aliphatic heterocycles. The van der Waals surface area contributed by atoms with Gasteiger partial charge in [0.1, 0.15) is 5.02 Å². The van der Waals surface area contributed by atoms with Crippen molar-refractivity contribution in [3.8, 4) is 11.4 Å². The molecule has 11 heteroatoms. The van der Waals surface area contributed by atoms with E-state index in [1.54, 1.807) is 11.3 Å². The monoisotopic (exact) mass is 465 g/mol. The first-order valence-corrected chi connectivity index (χ1v) is 11.4. The molecular weight excluding hydrogens is 446 g/mol. The molecule has 2 aromatic heterocycles. The zero-order valence-electron chi connectivity index (χ0n) is 16.6. The SMILES string of the molecule is CCn1c(SCC(=O)Nc2ccc(Cl)c([N+](=O)[O-])c2)nnc1-c1csc(C(C)C)c1. The van der Waals surface area contributed by atoms with Crippen LogP contribution in [0.25, 0.3) is 11.4 Å². The van der Waals surface area contributed by atoms with Gasteiger partial charge < -0.3 is 9.88 Å². The molecule has 0 aliphatic rings. The van der Waals surface area contributed by atoms with Gasteiger partial charge in [-0.05, 0) is 31.0 Å². The van der Waals surface area contributed by atoms with Crippen LogP contribution in [0, 0.1) is 10.1 Å². The van der Waals surface area contributed by atoms with Crippen molar-refractivity contribution in [2.75, 3.05) is 11.1 Å². The first kappa shape index (κ1) is 22.3. The quantitative estimate of drug-likeness (QED) is 0.270. The number of hydrogen-bond acceptors (Lipinski definition) is 7. The van der Waals surface area contributed by atoms with Gasteiger partial charge >= 0.3 is 0 Å². The summed E-state index contributed by atoms with van der Waals surface area (Å²) in [6.07, 6.45) is 0. The number of nitrogens with one attached hydrogen (secondary N) is 1. The third kappa shape index (κ3) is 5.00. The van der Waals surface area contributed by atoms with Crippen molar-refractivity contribution in [3.05, 3.63) is 49.7 Å². The number of nitrogens with zero attached hydrogens (tertiary/aromatic N) is 4. The molecule has 8 nitrogen and oxygen atoms in total. The molecule has 0 atom stereocenters. The molecule has 0 fully saturated rings. The van der Waals surface area contributed by atoms with Gasteiger partial charge in [-0.1, -0.05) is 37.2 Å². The summed E-state index contributed by atoms with van der Waals surface area (Å²) >= 11 is 8.76. The van der Waals surface area contributed by atoms with Gasteiger partial charge in [0, 0.05) is 34.1 Å². The third-order valence-electron chi connectivity index (χ3n) is 4.24. The zero-order chi connectivity index (χ0) is 21.8. The van der Waals surface area contributed by atoms with Crippen LogP contribution in [0.15, 0.2) is 34.8 Å². The summed E-state index contributed by atoms with van der Waals surface area (Å²) < 4.78 is 1.97. The fourth-order valence-electron chi connectivity index (χ4n) is 2.72. The van der Waals surface area contributed by atoms with Crippen molar-refractivity contribution in [3.63, 3.8) is 0 Å². The largest absolute Gasteiger partial charge is 0.325 e. The van der Waals surface area contributed by atoms with Gasteiger partial charge in [-0.15, -0.1) is 21.5 Å². The van der Waals surface area contributed by atoms with E-state index in [0.29, 0.717) is 23.3 Å². The van der Waals surface area contributed by atoms with Gasteiger partial charge in [0.2, 0.25) is 5.91 Å². The first-order chi connectivity index (χ1) is 14.3. The summed E-state index contributed by atoms with van der Waals surface area (Å²) in [6.45, 7) is 6.97. The maximum Gasteiger partial charge on any atom is 0.289 e. The minimum atomic E-state index is -0.590. The Hall–Kier alpha value is -2.43. The molecule has 0 unspecified atom stereocenters. The Morgan fingerprint density at radius 2 is 2.13 bits per heavy atom. The normalized spacial score (nSPS) is 11.1. The summed E-state index contributed by atoms with van der Waals surface area (Å²) in [7, 11) is 0. The predicted octanol–water partition coefficient (Wildman–Crippen LogP) is 5.44. The second kappa shape index (κ2) is 9.59. The molecule has 0 bridgehead atoms. The molecule has 2 heterocycles. The highest BCUT2D eigenvalue weighted by molar-refractivity contribution is 7.99. The molecule has 0 saturated carbocycles. The molecule has 1 N–H and O–H groups in total. The van der Waals surface area contributed by atoms with Crippen LogP contribution >= 0.6 is 34.7 Å². The smallest absolute Gasteiger partial charge is 0.289 e. The van der Waals surface area contributed by atoms with E-state index in [1.165, 1.54) is 34.8 Å². The molecule has 30 heavy (non-hydrogen) atoms. The summed E-state index contributed by atoms with van der Waals surface area (Å²) in [6, 6.07) is 6.27. The van der Waals surface area contributed by atoms with Crippen molar-refractivity contribution in [2.45, 2.75) is 38.4 Å². The van der Waals surface area contributed by atoms with Crippen molar-refractivity contribution in [1.82, 2.24) is 14.8 Å². The number of aromatic nitrogens is 3. The van der Waals surface area contributed by atoms with E-state index in [0.717, 1.165) is 11.4 Å². The standard InChI is InChI=1S/C19H20ClN5O3S2/c1-4-24-18(12-7-16(11(2)3)29-9-12)22-23-19(24)30-10-17(26)21-13-5-6-14(20)15(8-13)25(27)28/h5-9,11H,4,10H2,1-3H3,(H,21,26). The number of thioether (sulfide) groups is 1. The van der Waals surface area contributed by atoms with Gasteiger partial charge in [-0.3, -0.25) is 14.9 Å². The van der Waals surface area contributed by atoms with Gasteiger partial charge in [0.05, 0.1) is 10.7 Å². The van der Waals surface area contributed by atoms with Crippen LogP contribution in [0.5, 0.6) is 0 Å². The molecule has 0 spiro atoms. The zero-order valence-corrected chi connectivity index (χ0v) is 19.0. The highest BCUT2D eigenvalue weighted by atomic mass is 35.5. The number of carbonyl (C=O) groups is 1. The summed E-state index contributed by atoms with van der Waals surface area (Å²) in [5, 5.41) is 24.9. The highest BCUT2D eigenvalue weighted by Gasteiger charge is 2.17. The van der Waals surface area contributed by atoms with E-state index in [1.807, 2.05) is 11.5 Å². The van der Waals surface area contributed by atoms with Gasteiger partial charge in [0.25, 0.3) is 5.69 Å². The Kier molecular flexibility index (Phi) is 7.11. The Morgan fingerprint density at radius 1 is 1.37 bits per heavy atom. The molecule has 1 aromatic carbocycles. The number of hydrogen-bond donors (Lipinski definition) is 1. The third-order valence-corrected chi connectivity index (χ3v) is 6.76. The van der Waals surface area contributed by atoms with Crippen LogP contribution in [0.4, 0.5) is 11.4 Å². The molecule has 1 amide bonds. The number of carbonyl (C=O) groups excluding carboxylic acids is 1. The second-order valence-electron chi connectivity index (χ2n) is 6.70. The number of thiophene rings is 1. The van der Waals surface area contributed by atoms with Crippen molar-refractivity contribution < 1.29 is 9.72 Å². The van der Waals surface area contributed by atoms with Crippen LogP contribution in [-0.2, 0) is 11.3 Å². The highest BCUT2D eigenvalue weighted by Crippen LogP contribution is 2.31. The number of rotatable bonds is 8. The average Bonchev–Trinajstić information content (AvgIpc) is 3.34. The number of halogens is 1. The lowest BCUT2D eigenvalue weighted by molar-refractivity contribution is -0.384. The van der Waals surface area contributed by atoms with Crippen LogP contribution in [-0.4, -0.2) is 31.3 Å². The van der Waals surface area contributed by atoms with Crippen LogP contribution in [0.3, 0.4) is 0 Å². The molecule has 0 aliphatic carbocycles. The van der Waals surface area contributed by atoms with Crippen LogP contribution in [0.2, 0.25) is 5.02 Å². The minimum Gasteiger partial charge on any atom is -0.325 e. The summed E-state index contributed by atoms with van der Waals surface area (Å²) in [5.74, 6) is 1.01. The van der Waals surface area contributed by atoms with E-state index in [-0.39, 0.29) is 22.4 Å². The van der Waals surface area contributed by atoms with Crippen molar-refractivity contribution in [2.24, 2.45) is 0 Å². The lowest BCUT2D eigenvalue weighted by atomic mass is 10.1. The molecule has 0 saturated heterocycles. The first-order valence-electron chi connectivity index (χ1n) is 9.18. The number of nitro groups is 1. The maximum atomic E-state index is 12.3. The Bertz CT molecular complexity index is 1080. The van der Waals surface area contributed by atoms with Gasteiger partial charge in [-0.25, -0.2) is 0 Å². The number of amides is 1. The van der Waals surface area contributed by atoms with E-state index < -0.39 is 4.92 Å². The Labute approximate surface area is 186 Å². The van der Waals surface area contributed by atoms with Crippen molar-refractivity contribution in [1.29, 1.82) is 0 Å². The maximum absolute atomic E-state index is 12.3. The molecule has 0 radical (unpaired) electrons. The topological polar surface area (TPSA) is 103 Å². The fraction of sp³-hybridized carbons (Fsp3) is 0.316. The molecule has 3 aromatic rings. The lowest BCUT2D eigenvalue weighted by Gasteiger charge is -2.07. The average molecular weight is 466 g/mol. The van der Waals surface area contributed by atoms with Crippen LogP contribution in [0.1, 0.15) is 31.6 Å². The van der Waals surface area contributed by atoms with Crippen LogP contribution < -0.4 is 5.32 Å². The second-order valence-corrected chi connectivity index (χ2v) is 9.00. The van der Waals surface area contributed by atoms with E-state index in [9.17, 15) is 14.9 Å². The summed E-state index contributed by atoms with van der Waals surface area (Å²) in [4.78, 5) is 24.0. The predicted molar refractivity (Wildman–Crippen MR) is 121 cm³/mol. The Morgan fingerprint density at radius 3 is 2.77 bits per heavy atom. The van der Waals surface area contributed by atoms with E-state index >= 15 is 0 Å². The molecule has 158 valence electrons. The number of nitro benzene ring substituents is 1. The lowest BCUT2D eigenvalue weighted by Crippen LogP contribution is -2.14. The van der Waals surface area contributed by atoms with Gasteiger partial charge in [0.15, 0.2) is 11.0 Å². The van der Waals surface area contributed by atoms with E-state index in [4.69, 9.17) is 11.6 Å².